The van der Waals surface area contributed by atoms with Crippen LogP contribution in [0, 0.1) is 6.92 Å². The van der Waals surface area contributed by atoms with Crippen LogP contribution in [0.2, 0.25) is 0 Å². The summed E-state index contributed by atoms with van der Waals surface area (Å²) in [4.78, 5) is 27.7. The van der Waals surface area contributed by atoms with E-state index < -0.39 is 12.0 Å². The van der Waals surface area contributed by atoms with Gasteiger partial charge in [-0.05, 0) is 48.9 Å². The first kappa shape index (κ1) is 18.7. The molecule has 2 N–H and O–H groups in total. The van der Waals surface area contributed by atoms with Gasteiger partial charge < -0.3 is 15.2 Å². The van der Waals surface area contributed by atoms with E-state index in [-0.39, 0.29) is 5.78 Å². The fourth-order valence-corrected chi connectivity index (χ4v) is 3.33. The van der Waals surface area contributed by atoms with E-state index in [4.69, 9.17) is 15.2 Å². The van der Waals surface area contributed by atoms with Gasteiger partial charge in [-0.2, -0.15) is 0 Å². The summed E-state index contributed by atoms with van der Waals surface area (Å²) in [5, 5.41) is 0. The quantitative estimate of drug-likeness (QED) is 0.721. The molecule has 0 spiro atoms. The van der Waals surface area contributed by atoms with Crippen molar-refractivity contribution in [1.82, 2.24) is 4.98 Å². The summed E-state index contributed by atoms with van der Waals surface area (Å²) in [6, 6.07) is 16.1. The first-order valence-corrected chi connectivity index (χ1v) is 9.30. The Hall–Kier alpha value is -3.67. The maximum atomic E-state index is 12.0. The second-order valence-electron chi connectivity index (χ2n) is 6.89. The summed E-state index contributed by atoms with van der Waals surface area (Å²) in [5.41, 5.74) is 8.99. The largest absolute Gasteiger partial charge is 0.492 e. The Morgan fingerprint density at radius 2 is 1.90 bits per heavy atom. The van der Waals surface area contributed by atoms with Gasteiger partial charge in [-0.25, -0.2) is 0 Å². The molecule has 6 heteroatoms. The highest BCUT2D eigenvalue weighted by Crippen LogP contribution is 2.34. The van der Waals surface area contributed by atoms with Gasteiger partial charge in [0.25, 0.3) is 0 Å². The molecule has 4 rings (SSSR count). The molecule has 0 bridgehead atoms. The van der Waals surface area contributed by atoms with Crippen LogP contribution in [0.5, 0.6) is 11.5 Å². The van der Waals surface area contributed by atoms with Crippen molar-refractivity contribution in [3.63, 3.8) is 0 Å². The minimum Gasteiger partial charge on any atom is -0.492 e. The van der Waals surface area contributed by atoms with Crippen molar-refractivity contribution in [3.05, 3.63) is 88.7 Å². The second-order valence-corrected chi connectivity index (χ2v) is 6.89. The van der Waals surface area contributed by atoms with Gasteiger partial charge >= 0.3 is 0 Å². The van der Waals surface area contributed by atoms with E-state index in [1.54, 1.807) is 36.5 Å². The number of fused-ring (bicyclic) bond motifs is 1. The van der Waals surface area contributed by atoms with E-state index in [0.717, 1.165) is 16.8 Å². The molecule has 0 radical (unpaired) electrons. The van der Waals surface area contributed by atoms with E-state index >= 15 is 0 Å². The van der Waals surface area contributed by atoms with Crippen molar-refractivity contribution in [2.75, 3.05) is 6.61 Å². The number of hydrogen-bond acceptors (Lipinski definition) is 5. The number of nitrogens with two attached hydrogens (primary N) is 1. The van der Waals surface area contributed by atoms with Crippen LogP contribution < -0.4 is 15.2 Å². The number of amides is 1. The second kappa shape index (κ2) is 7.75. The molecule has 2 aromatic carbocycles. The van der Waals surface area contributed by atoms with Crippen LogP contribution in [0.15, 0.2) is 60.8 Å². The molecule has 3 aromatic rings. The van der Waals surface area contributed by atoms with Crippen LogP contribution in [-0.4, -0.2) is 23.3 Å². The minimum absolute atomic E-state index is 0.0705. The molecule has 1 aliphatic heterocycles. The zero-order chi connectivity index (χ0) is 20.4. The molecular weight excluding hydrogens is 368 g/mol. The molecule has 1 aromatic heterocycles. The van der Waals surface area contributed by atoms with Gasteiger partial charge in [0, 0.05) is 35.5 Å². The number of primary amides is 1. The molecule has 0 aliphatic carbocycles. The maximum absolute atomic E-state index is 12.0. The van der Waals surface area contributed by atoms with E-state index in [9.17, 15) is 9.59 Å². The molecular formula is C23H20N2O4. The number of benzene rings is 2. The number of nitrogens with zero attached hydrogens (tertiary/aromatic N) is 1. The van der Waals surface area contributed by atoms with Crippen LogP contribution in [0.25, 0.3) is 0 Å². The van der Waals surface area contributed by atoms with Gasteiger partial charge in [-0.3, -0.25) is 14.6 Å². The number of hydrogen-bond donors (Lipinski definition) is 1. The predicted molar refractivity (Wildman–Crippen MR) is 107 cm³/mol. The normalized spacial score (nSPS) is 13.9. The molecule has 29 heavy (non-hydrogen) atoms. The number of Topliss-reactive ketones (excluding diaryl/α,β-unsaturated/α-hetero) is 1. The molecule has 1 amide bonds. The van der Waals surface area contributed by atoms with Gasteiger partial charge in [0.15, 0.2) is 5.78 Å². The number of carbonyl (C=O) groups is 2. The molecule has 6 nitrogen and oxygen atoms in total. The molecule has 0 unspecified atom stereocenters. The highest BCUT2D eigenvalue weighted by Gasteiger charge is 2.21. The topological polar surface area (TPSA) is 91.5 Å². The fourth-order valence-electron chi connectivity index (χ4n) is 3.33. The Morgan fingerprint density at radius 3 is 2.62 bits per heavy atom. The molecule has 0 saturated heterocycles. The number of ketones is 1. The summed E-state index contributed by atoms with van der Waals surface area (Å²) < 4.78 is 11.9. The summed E-state index contributed by atoms with van der Waals surface area (Å²) >= 11 is 0. The Labute approximate surface area is 168 Å². The molecule has 0 saturated carbocycles. The highest BCUT2D eigenvalue weighted by atomic mass is 16.5. The standard InChI is InChI=1S/C23H20N2O4/c1-14-12-17(8-10-25-14)22(15-2-4-16(5-3-15)23(24)27)29-18-6-7-19-20(26)9-11-28-21(19)13-18/h2-8,10,12-13,22H,9,11H2,1H3,(H2,24,27)/t22-/m0/s1. The van der Waals surface area contributed by atoms with Crippen molar-refractivity contribution in [3.8, 4) is 11.5 Å². The number of ether oxygens (including phenoxy) is 2. The third kappa shape index (κ3) is 3.96. The monoisotopic (exact) mass is 388 g/mol. The number of aromatic nitrogens is 1. The van der Waals surface area contributed by atoms with E-state index in [0.29, 0.717) is 35.7 Å². The van der Waals surface area contributed by atoms with Crippen LogP contribution in [-0.2, 0) is 0 Å². The first-order valence-electron chi connectivity index (χ1n) is 9.30. The molecule has 146 valence electrons. The Kier molecular flexibility index (Phi) is 4.99. The lowest BCUT2D eigenvalue weighted by Gasteiger charge is -2.22. The SMILES string of the molecule is Cc1cc([C@@H](Oc2ccc3c(c2)OCCC3=O)c2ccc(C(N)=O)cc2)ccn1. The average molecular weight is 388 g/mol. The van der Waals surface area contributed by atoms with Crippen LogP contribution in [0.3, 0.4) is 0 Å². The van der Waals surface area contributed by atoms with Crippen molar-refractivity contribution < 1.29 is 19.1 Å². The van der Waals surface area contributed by atoms with Gasteiger partial charge in [0.2, 0.25) is 5.91 Å². The molecule has 1 atom stereocenters. The van der Waals surface area contributed by atoms with E-state index in [2.05, 4.69) is 4.98 Å². The van der Waals surface area contributed by atoms with Crippen LogP contribution >= 0.6 is 0 Å². The van der Waals surface area contributed by atoms with E-state index in [1.807, 2.05) is 31.2 Å². The van der Waals surface area contributed by atoms with Crippen molar-refractivity contribution >= 4 is 11.7 Å². The average Bonchev–Trinajstić information content (AvgIpc) is 2.72. The molecule has 1 aliphatic rings. The number of aryl methyl sites for hydroxylation is 1. The summed E-state index contributed by atoms with van der Waals surface area (Å²) in [5.74, 6) is 0.704. The van der Waals surface area contributed by atoms with Crippen molar-refractivity contribution in [2.24, 2.45) is 5.73 Å². The smallest absolute Gasteiger partial charge is 0.248 e. The zero-order valence-corrected chi connectivity index (χ0v) is 15.9. The van der Waals surface area contributed by atoms with Crippen molar-refractivity contribution in [1.29, 1.82) is 0 Å². The minimum atomic E-state index is -0.481. The fraction of sp³-hybridized carbons (Fsp3) is 0.174. The summed E-state index contributed by atoms with van der Waals surface area (Å²) in [7, 11) is 0. The van der Waals surface area contributed by atoms with Gasteiger partial charge in [-0.1, -0.05) is 12.1 Å². The van der Waals surface area contributed by atoms with Crippen LogP contribution in [0.4, 0.5) is 0 Å². The number of rotatable bonds is 5. The lowest BCUT2D eigenvalue weighted by Crippen LogP contribution is -2.16. The first-order chi connectivity index (χ1) is 14.0. The highest BCUT2D eigenvalue weighted by molar-refractivity contribution is 5.99. The lowest BCUT2D eigenvalue weighted by atomic mass is 10.00. The third-order valence-corrected chi connectivity index (χ3v) is 4.82. The maximum Gasteiger partial charge on any atom is 0.248 e. The number of pyridine rings is 1. The Bertz CT molecular complexity index is 1080. The summed E-state index contributed by atoms with van der Waals surface area (Å²) in [6.45, 7) is 2.28. The molecule has 2 heterocycles. The van der Waals surface area contributed by atoms with Crippen LogP contribution in [0.1, 0.15) is 50.1 Å². The Balaban J connectivity index is 1.71. The van der Waals surface area contributed by atoms with Gasteiger partial charge in [0.1, 0.15) is 17.6 Å². The Morgan fingerprint density at radius 1 is 1.10 bits per heavy atom. The molecule has 0 fully saturated rings. The van der Waals surface area contributed by atoms with Gasteiger partial charge in [0.05, 0.1) is 12.2 Å². The van der Waals surface area contributed by atoms with Gasteiger partial charge in [-0.15, -0.1) is 0 Å². The summed E-state index contributed by atoms with van der Waals surface area (Å²) in [6.07, 6.45) is 1.68. The lowest BCUT2D eigenvalue weighted by molar-refractivity contribution is 0.0932. The zero-order valence-electron chi connectivity index (χ0n) is 15.9. The number of carbonyl (C=O) groups excluding carboxylic acids is 2. The van der Waals surface area contributed by atoms with Crippen molar-refractivity contribution in [2.45, 2.75) is 19.4 Å². The predicted octanol–water partition coefficient (Wildman–Crippen LogP) is 3.62. The van der Waals surface area contributed by atoms with E-state index in [1.165, 1.54) is 0 Å². The third-order valence-electron chi connectivity index (χ3n) is 4.82.